The molecule has 1 aliphatic heterocycles. The number of non-ortho nitro benzene ring substituents is 1. The van der Waals surface area contributed by atoms with Gasteiger partial charge in [0.25, 0.3) is 17.5 Å². The largest absolute Gasteiger partial charge is 0.379 e. The van der Waals surface area contributed by atoms with Gasteiger partial charge in [0.1, 0.15) is 10.6 Å². The third kappa shape index (κ3) is 6.32. The average Bonchev–Trinajstić information content (AvgIpc) is 3.72. The lowest BCUT2D eigenvalue weighted by Gasteiger charge is -2.33. The lowest BCUT2D eigenvalue weighted by molar-refractivity contribution is -0.384. The van der Waals surface area contributed by atoms with Gasteiger partial charge in [-0.15, -0.1) is 0 Å². The van der Waals surface area contributed by atoms with Crippen molar-refractivity contribution in [2.45, 2.75) is 42.7 Å². The quantitative estimate of drug-likeness (QED) is 0.163. The van der Waals surface area contributed by atoms with Crippen molar-refractivity contribution < 1.29 is 27.1 Å². The summed E-state index contributed by atoms with van der Waals surface area (Å²) < 4.78 is 33.4. The minimum absolute atomic E-state index is 0.0613. The van der Waals surface area contributed by atoms with E-state index in [1.807, 2.05) is 0 Å². The Labute approximate surface area is 253 Å². The van der Waals surface area contributed by atoms with Gasteiger partial charge < -0.3 is 19.0 Å². The Kier molecular flexibility index (Phi) is 7.87. The topological polar surface area (TPSA) is 154 Å². The van der Waals surface area contributed by atoms with E-state index < -0.39 is 15.0 Å². The first-order valence-electron chi connectivity index (χ1n) is 14.2. The normalized spacial score (nSPS) is 15.5. The third-order valence-corrected chi connectivity index (χ3v) is 9.03. The van der Waals surface area contributed by atoms with Crippen LogP contribution < -0.4 is 9.50 Å². The van der Waals surface area contributed by atoms with Gasteiger partial charge in [-0.05, 0) is 80.3 Å². The molecule has 1 aliphatic carbocycles. The van der Waals surface area contributed by atoms with Crippen molar-refractivity contribution in [1.29, 1.82) is 0 Å². The van der Waals surface area contributed by atoms with Crippen LogP contribution in [0.1, 0.15) is 52.4 Å². The summed E-state index contributed by atoms with van der Waals surface area (Å²) in [5.41, 5.74) is 2.26. The monoisotopic (exact) mass is 615 g/mol. The lowest BCUT2D eigenvalue weighted by Crippen LogP contribution is -2.39. The van der Waals surface area contributed by atoms with Crippen LogP contribution >= 0.6 is 0 Å². The van der Waals surface area contributed by atoms with E-state index in [2.05, 4.69) is 14.9 Å². The van der Waals surface area contributed by atoms with E-state index in [0.717, 1.165) is 24.1 Å². The molecule has 1 N–H and O–H groups in total. The third-order valence-electron chi connectivity index (χ3n) is 7.79. The first kappa shape index (κ1) is 29.1. The standard InChI is InChI=1S/C31H29N5O7S/c37-30(33-24-8-9-24)23-2-1-3-28(18-23)44(41,42)43-27-12-6-21(7-13-27)29-19-32-20-35(29)25-14-16-34(17-15-25)31(38)22-4-10-26(11-5-22)36(39)40/h1-7,10-13,18-20,24-25H,8-9,14-17H2,(H,33,37). The van der Waals surface area contributed by atoms with Crippen LogP contribution in [0.2, 0.25) is 0 Å². The fourth-order valence-electron chi connectivity index (χ4n) is 5.22. The highest BCUT2D eigenvalue weighted by molar-refractivity contribution is 7.87. The molecular weight excluding hydrogens is 586 g/mol. The molecule has 226 valence electrons. The van der Waals surface area contributed by atoms with Crippen LogP contribution in [0.25, 0.3) is 11.3 Å². The number of carbonyl (C=O) groups is 2. The van der Waals surface area contributed by atoms with Crippen LogP contribution in [0.4, 0.5) is 5.69 Å². The Morgan fingerprint density at radius 1 is 0.932 bits per heavy atom. The molecule has 44 heavy (non-hydrogen) atoms. The zero-order valence-corrected chi connectivity index (χ0v) is 24.4. The van der Waals surface area contributed by atoms with Crippen LogP contribution in [-0.4, -0.2) is 58.7 Å². The molecule has 0 radical (unpaired) electrons. The zero-order valence-electron chi connectivity index (χ0n) is 23.5. The molecule has 0 unspecified atom stereocenters. The Balaban J connectivity index is 1.09. The summed E-state index contributed by atoms with van der Waals surface area (Å²) in [7, 11) is -4.17. The minimum Gasteiger partial charge on any atom is -0.379 e. The Morgan fingerprint density at radius 2 is 1.64 bits per heavy atom. The average molecular weight is 616 g/mol. The van der Waals surface area contributed by atoms with Crippen molar-refractivity contribution in [1.82, 2.24) is 19.8 Å². The number of nitro benzene ring substituents is 1. The van der Waals surface area contributed by atoms with Crippen molar-refractivity contribution >= 4 is 27.6 Å². The van der Waals surface area contributed by atoms with Crippen molar-refractivity contribution in [3.8, 4) is 17.0 Å². The number of nitro groups is 1. The van der Waals surface area contributed by atoms with Gasteiger partial charge in [-0.3, -0.25) is 19.7 Å². The number of amides is 2. The predicted molar refractivity (Wildman–Crippen MR) is 160 cm³/mol. The molecule has 0 spiro atoms. The Hall–Kier alpha value is -5.04. The number of aromatic nitrogens is 2. The van der Waals surface area contributed by atoms with E-state index in [1.54, 1.807) is 47.8 Å². The van der Waals surface area contributed by atoms with E-state index in [1.165, 1.54) is 42.5 Å². The highest BCUT2D eigenvalue weighted by Crippen LogP contribution is 2.31. The number of carbonyl (C=O) groups excluding carboxylic acids is 2. The molecule has 0 bridgehead atoms. The summed E-state index contributed by atoms with van der Waals surface area (Å²) in [6, 6.07) is 18.3. The second-order valence-corrected chi connectivity index (χ2v) is 12.4. The zero-order chi connectivity index (χ0) is 30.8. The number of rotatable bonds is 9. The van der Waals surface area contributed by atoms with Gasteiger partial charge in [0.05, 0.1) is 23.1 Å². The number of hydrogen-bond donors (Lipinski definition) is 1. The van der Waals surface area contributed by atoms with E-state index in [0.29, 0.717) is 31.5 Å². The molecule has 1 saturated carbocycles. The molecule has 2 amide bonds. The minimum atomic E-state index is -4.17. The second-order valence-electron chi connectivity index (χ2n) is 10.9. The maximum atomic E-state index is 13.0. The SMILES string of the molecule is O=C(NC1CC1)c1cccc(S(=O)(=O)Oc2ccc(-c3cncn3C3CCN(C(=O)c4ccc([N+](=O)[O-])cc4)CC3)cc2)c1. The van der Waals surface area contributed by atoms with Crippen LogP contribution in [0.3, 0.4) is 0 Å². The summed E-state index contributed by atoms with van der Waals surface area (Å²) in [6.45, 7) is 1.04. The maximum absolute atomic E-state index is 13.0. The molecule has 2 heterocycles. The number of imidazole rings is 1. The maximum Gasteiger partial charge on any atom is 0.339 e. The molecule has 12 nitrogen and oxygen atoms in total. The first-order valence-corrected chi connectivity index (χ1v) is 15.6. The van der Waals surface area contributed by atoms with Crippen LogP contribution in [0, 0.1) is 10.1 Å². The lowest BCUT2D eigenvalue weighted by atomic mass is 10.0. The number of nitrogens with zero attached hydrogens (tertiary/aromatic N) is 4. The number of nitrogens with one attached hydrogen (secondary N) is 1. The van der Waals surface area contributed by atoms with Gasteiger partial charge in [-0.1, -0.05) is 6.07 Å². The number of likely N-dealkylation sites (tertiary alicyclic amines) is 1. The van der Waals surface area contributed by atoms with E-state index in [4.69, 9.17) is 4.18 Å². The summed E-state index contributed by atoms with van der Waals surface area (Å²) in [5, 5.41) is 13.8. The van der Waals surface area contributed by atoms with Crippen LogP contribution in [-0.2, 0) is 10.1 Å². The van der Waals surface area contributed by atoms with Crippen molar-refractivity contribution in [2.75, 3.05) is 13.1 Å². The van der Waals surface area contributed by atoms with Gasteiger partial charge in [0.2, 0.25) is 0 Å². The summed E-state index contributed by atoms with van der Waals surface area (Å²) in [6.07, 6.45) is 6.72. The number of benzene rings is 3. The smallest absolute Gasteiger partial charge is 0.339 e. The fraction of sp³-hybridized carbons (Fsp3) is 0.258. The highest BCUT2D eigenvalue weighted by Gasteiger charge is 2.27. The van der Waals surface area contributed by atoms with E-state index in [9.17, 15) is 28.1 Å². The second kappa shape index (κ2) is 11.9. The first-order chi connectivity index (χ1) is 21.2. The van der Waals surface area contributed by atoms with Crippen molar-refractivity contribution in [2.24, 2.45) is 0 Å². The summed E-state index contributed by atoms with van der Waals surface area (Å²) >= 11 is 0. The Bertz CT molecular complexity index is 1810. The van der Waals surface area contributed by atoms with Crippen molar-refractivity contribution in [3.05, 3.63) is 107 Å². The molecule has 0 atom stereocenters. The molecule has 13 heteroatoms. The molecule has 3 aromatic carbocycles. The predicted octanol–water partition coefficient (Wildman–Crippen LogP) is 4.60. The molecule has 6 rings (SSSR count). The summed E-state index contributed by atoms with van der Waals surface area (Å²) in [4.78, 5) is 41.7. The van der Waals surface area contributed by atoms with Gasteiger partial charge in [-0.25, -0.2) is 4.98 Å². The molecule has 1 saturated heterocycles. The van der Waals surface area contributed by atoms with Gasteiger partial charge in [0, 0.05) is 54.0 Å². The van der Waals surface area contributed by atoms with E-state index >= 15 is 0 Å². The van der Waals surface area contributed by atoms with Gasteiger partial charge >= 0.3 is 10.1 Å². The van der Waals surface area contributed by atoms with Crippen molar-refractivity contribution in [3.63, 3.8) is 0 Å². The van der Waals surface area contributed by atoms with Crippen LogP contribution in [0.5, 0.6) is 5.75 Å². The van der Waals surface area contributed by atoms with Crippen LogP contribution in [0.15, 0.2) is 90.2 Å². The molecule has 4 aromatic rings. The molecule has 2 fully saturated rings. The van der Waals surface area contributed by atoms with Gasteiger partial charge in [-0.2, -0.15) is 8.42 Å². The summed E-state index contributed by atoms with van der Waals surface area (Å²) in [5.74, 6) is -0.346. The Morgan fingerprint density at radius 3 is 2.30 bits per heavy atom. The molecular formula is C31H29N5O7S. The fourth-order valence-corrected chi connectivity index (χ4v) is 6.20. The molecule has 1 aromatic heterocycles. The van der Waals surface area contributed by atoms with Gasteiger partial charge in [0.15, 0.2) is 0 Å². The highest BCUT2D eigenvalue weighted by atomic mass is 32.2. The molecule has 2 aliphatic rings. The number of hydrogen-bond acceptors (Lipinski definition) is 8. The van der Waals surface area contributed by atoms with E-state index in [-0.39, 0.29) is 45.8 Å². The number of piperidine rings is 1.